The van der Waals surface area contributed by atoms with Gasteiger partial charge in [-0.2, -0.15) is 0 Å². The van der Waals surface area contributed by atoms with E-state index in [0.717, 1.165) is 9.80 Å². The van der Waals surface area contributed by atoms with Crippen LogP contribution < -0.4 is 21.7 Å². The third kappa shape index (κ3) is 15.5. The first-order valence-electron chi connectivity index (χ1n) is 14.0. The largest absolute Gasteiger partial charge is 2.00 e. The first-order chi connectivity index (χ1) is 18.5. The Morgan fingerprint density at radius 2 is 0.732 bits per heavy atom. The molecule has 0 aliphatic carbocycles. The minimum absolute atomic E-state index is 0. The maximum Gasteiger partial charge on any atom is 2.00 e. The zero-order chi connectivity index (χ0) is 31.7. The predicted molar refractivity (Wildman–Crippen MR) is 146 cm³/mol. The van der Waals surface area contributed by atoms with E-state index in [1.165, 1.54) is 0 Å². The van der Waals surface area contributed by atoms with E-state index in [4.69, 9.17) is 11.5 Å². The summed E-state index contributed by atoms with van der Waals surface area (Å²) in [5.41, 5.74) is 10.7. The first-order valence-corrected chi connectivity index (χ1v) is 14.0. The fourth-order valence-corrected chi connectivity index (χ4v) is 3.61. The molecule has 1 radical (unpaired) electrons. The van der Waals surface area contributed by atoms with Gasteiger partial charge in [-0.25, -0.2) is 0 Å². The number of imide groups is 2. The zero-order valence-corrected chi connectivity index (χ0v) is 27.0. The molecule has 0 saturated heterocycles. The van der Waals surface area contributed by atoms with Crippen LogP contribution in [0.2, 0.25) is 0 Å². The molecule has 0 unspecified atom stereocenters. The molecule has 41 heavy (non-hydrogen) atoms. The summed E-state index contributed by atoms with van der Waals surface area (Å²) in [7, 11) is 0. The second kappa shape index (κ2) is 22.3. The van der Waals surface area contributed by atoms with Gasteiger partial charge < -0.3 is 31.3 Å². The van der Waals surface area contributed by atoms with Crippen molar-refractivity contribution < 1.29 is 56.0 Å². The fraction of sp³-hybridized carbons (Fsp3) is 0.786. The molecule has 0 aliphatic heterocycles. The van der Waals surface area contributed by atoms with Gasteiger partial charge in [0.2, 0.25) is 23.6 Å². The maximum atomic E-state index is 12.2. The second-order valence-electron chi connectivity index (χ2n) is 11.0. The topological polar surface area (TPSA) is 207 Å². The standard InChI is InChI=1S/2C14H26N2O4.Mn/c2*1-9(2)12(17)16(13(18)10(3)4)11(14(19)20)7-5-6-8-15;/h2*9-11H,5-8,15H2,1-4H3,(H,19,20);/q;;+2/p-2/t2*11-;/m00./s1. The molecule has 2 atom stereocenters. The van der Waals surface area contributed by atoms with E-state index < -0.39 is 71.3 Å². The van der Waals surface area contributed by atoms with Crippen molar-refractivity contribution in [3.63, 3.8) is 0 Å². The number of hydrogen-bond donors (Lipinski definition) is 2. The van der Waals surface area contributed by atoms with Crippen molar-refractivity contribution in [2.24, 2.45) is 35.1 Å². The smallest absolute Gasteiger partial charge is 0.548 e. The Morgan fingerprint density at radius 1 is 0.512 bits per heavy atom. The zero-order valence-electron chi connectivity index (χ0n) is 25.8. The van der Waals surface area contributed by atoms with Gasteiger partial charge in [-0.1, -0.05) is 55.4 Å². The molecular weight excluding hydrogens is 575 g/mol. The molecule has 12 nitrogen and oxygen atoms in total. The molecule has 0 aromatic carbocycles. The summed E-state index contributed by atoms with van der Waals surface area (Å²) < 4.78 is 0. The molecule has 237 valence electrons. The summed E-state index contributed by atoms with van der Waals surface area (Å²) in [5, 5.41) is 22.6. The van der Waals surface area contributed by atoms with E-state index in [0.29, 0.717) is 38.8 Å². The van der Waals surface area contributed by atoms with Crippen LogP contribution in [0.5, 0.6) is 0 Å². The molecule has 0 bridgehead atoms. The number of rotatable bonds is 16. The van der Waals surface area contributed by atoms with Crippen molar-refractivity contribution in [3.05, 3.63) is 0 Å². The normalized spacial score (nSPS) is 12.2. The monoisotopic (exact) mass is 625 g/mol. The van der Waals surface area contributed by atoms with Gasteiger partial charge in [0.25, 0.3) is 0 Å². The van der Waals surface area contributed by atoms with E-state index in [2.05, 4.69) is 0 Å². The molecule has 0 rings (SSSR count). The number of aliphatic carboxylic acids is 2. The molecule has 0 heterocycles. The summed E-state index contributed by atoms with van der Waals surface area (Å²) in [4.78, 5) is 73.0. The van der Waals surface area contributed by atoms with Crippen LogP contribution in [0.25, 0.3) is 0 Å². The third-order valence-corrected chi connectivity index (χ3v) is 5.96. The van der Waals surface area contributed by atoms with Gasteiger partial charge in [0, 0.05) is 23.7 Å². The minimum Gasteiger partial charge on any atom is -0.548 e. The molecule has 0 aromatic heterocycles. The Hall–Kier alpha value is -2.34. The van der Waals surface area contributed by atoms with Crippen LogP contribution in [0.1, 0.15) is 93.9 Å². The number of nitrogens with two attached hydrogens (primary N) is 2. The Labute approximate surface area is 255 Å². The molecule has 0 spiro atoms. The van der Waals surface area contributed by atoms with E-state index in [9.17, 15) is 39.0 Å². The van der Waals surface area contributed by atoms with Gasteiger partial charge in [-0.15, -0.1) is 0 Å². The Morgan fingerprint density at radius 3 is 0.878 bits per heavy atom. The van der Waals surface area contributed by atoms with Crippen LogP contribution in [0.15, 0.2) is 0 Å². The van der Waals surface area contributed by atoms with Crippen molar-refractivity contribution in [1.82, 2.24) is 9.80 Å². The summed E-state index contributed by atoms with van der Waals surface area (Å²) in [6.07, 6.45) is 2.70. The van der Waals surface area contributed by atoms with E-state index >= 15 is 0 Å². The number of amides is 4. The van der Waals surface area contributed by atoms with Gasteiger partial charge in [0.15, 0.2) is 0 Å². The predicted octanol–water partition coefficient (Wildman–Crippen LogP) is -0.200. The summed E-state index contributed by atoms with van der Waals surface area (Å²) in [6, 6.07) is -2.43. The van der Waals surface area contributed by atoms with E-state index in [1.807, 2.05) is 0 Å². The first kappa shape index (κ1) is 43.1. The SMILES string of the molecule is CC(C)C(=O)N(C(=O)C(C)C)[C@@H](CCCCN)C(=O)[O-].CC(C)C(=O)N(C(=O)C(C)C)[C@@H](CCCCN)C(=O)[O-].[Mn+2]. The molecule has 4 N–H and O–H groups in total. The van der Waals surface area contributed by atoms with Crippen molar-refractivity contribution in [2.45, 2.75) is 106 Å². The van der Waals surface area contributed by atoms with Crippen LogP contribution >= 0.6 is 0 Å². The third-order valence-electron chi connectivity index (χ3n) is 5.96. The quantitative estimate of drug-likeness (QED) is 0.171. The van der Waals surface area contributed by atoms with Crippen LogP contribution in [-0.4, -0.2) is 70.5 Å². The number of carboxylic acid groups (broad SMARTS) is 2. The molecular formula is C28H50MnN4O8. The van der Waals surface area contributed by atoms with Gasteiger partial charge in [0.1, 0.15) is 0 Å². The van der Waals surface area contributed by atoms with E-state index in [-0.39, 0.29) is 29.9 Å². The average Bonchev–Trinajstić information content (AvgIpc) is 2.86. The molecule has 4 amide bonds. The number of nitrogens with zero attached hydrogens (tertiary/aromatic N) is 2. The number of hydrogen-bond acceptors (Lipinski definition) is 10. The van der Waals surface area contributed by atoms with Crippen molar-refractivity contribution >= 4 is 35.6 Å². The van der Waals surface area contributed by atoms with Gasteiger partial charge in [-0.3, -0.25) is 29.0 Å². The van der Waals surface area contributed by atoms with Crippen LogP contribution in [0, 0.1) is 23.7 Å². The second-order valence-corrected chi connectivity index (χ2v) is 11.0. The molecule has 0 aliphatic rings. The molecule has 0 aromatic rings. The average molecular weight is 626 g/mol. The van der Waals surface area contributed by atoms with Crippen LogP contribution in [-0.2, 0) is 45.8 Å². The summed E-state index contributed by atoms with van der Waals surface area (Å²) in [5.74, 6) is -6.52. The van der Waals surface area contributed by atoms with Gasteiger partial charge in [-0.05, 0) is 51.6 Å². The van der Waals surface area contributed by atoms with Crippen molar-refractivity contribution in [1.29, 1.82) is 0 Å². The van der Waals surface area contributed by atoms with Crippen LogP contribution in [0.4, 0.5) is 0 Å². The number of carbonyl (C=O) groups is 6. The Balaban J connectivity index is -0.000000688. The maximum absolute atomic E-state index is 12.2. The molecule has 0 fully saturated rings. The Bertz CT molecular complexity index is 741. The fourth-order valence-electron chi connectivity index (χ4n) is 3.61. The Kier molecular flexibility index (Phi) is 23.4. The minimum atomic E-state index is -1.40. The molecule has 0 saturated carbocycles. The van der Waals surface area contributed by atoms with E-state index in [1.54, 1.807) is 55.4 Å². The molecule has 13 heteroatoms. The number of carbonyl (C=O) groups excluding carboxylic acids is 6. The van der Waals surface area contributed by atoms with Crippen molar-refractivity contribution in [2.75, 3.05) is 13.1 Å². The van der Waals surface area contributed by atoms with Gasteiger partial charge in [0.05, 0.1) is 24.0 Å². The number of unbranched alkanes of at least 4 members (excludes halogenated alkanes) is 2. The summed E-state index contributed by atoms with van der Waals surface area (Å²) >= 11 is 0. The van der Waals surface area contributed by atoms with Gasteiger partial charge >= 0.3 is 17.1 Å². The number of carboxylic acids is 2. The summed E-state index contributed by atoms with van der Waals surface area (Å²) in [6.45, 7) is 14.0. The van der Waals surface area contributed by atoms with Crippen molar-refractivity contribution in [3.8, 4) is 0 Å². The van der Waals surface area contributed by atoms with Crippen LogP contribution in [0.3, 0.4) is 0 Å².